The van der Waals surface area contributed by atoms with E-state index in [2.05, 4.69) is 18.7 Å². The highest BCUT2D eigenvalue weighted by Gasteiger charge is 2.31. The van der Waals surface area contributed by atoms with Gasteiger partial charge in [0.15, 0.2) is 0 Å². The van der Waals surface area contributed by atoms with E-state index in [-0.39, 0.29) is 23.5 Å². The average molecular weight is 370 g/mol. The molecule has 3 rings (SSSR count). The van der Waals surface area contributed by atoms with Gasteiger partial charge in [-0.2, -0.15) is 0 Å². The van der Waals surface area contributed by atoms with Gasteiger partial charge in [-0.3, -0.25) is 9.69 Å². The Kier molecular flexibility index (Phi) is 6.11. The molecule has 4 nitrogen and oxygen atoms in total. The second kappa shape index (κ2) is 8.53. The smallest absolute Gasteiger partial charge is 0.224 e. The van der Waals surface area contributed by atoms with Gasteiger partial charge in [0.05, 0.1) is 0 Å². The maximum atomic E-state index is 13.2. The molecule has 0 aromatic heterocycles. The Hall–Kier alpha value is -2.40. The molecule has 0 aliphatic carbocycles. The fourth-order valence-electron chi connectivity index (χ4n) is 3.66. The van der Waals surface area contributed by atoms with Gasteiger partial charge in [-0.15, -0.1) is 0 Å². The Morgan fingerprint density at radius 1 is 1.11 bits per heavy atom. The van der Waals surface area contributed by atoms with Gasteiger partial charge in [0.1, 0.15) is 11.6 Å². The topological polar surface area (TPSA) is 43.8 Å². The molecule has 1 saturated heterocycles. The minimum atomic E-state index is -0.265. The van der Waals surface area contributed by atoms with Gasteiger partial charge in [-0.05, 0) is 41.3 Å². The second-order valence-electron chi connectivity index (χ2n) is 7.61. The van der Waals surface area contributed by atoms with Gasteiger partial charge >= 0.3 is 0 Å². The number of halogens is 1. The normalized spacial score (nSPS) is 18.7. The third kappa shape index (κ3) is 5.07. The summed E-state index contributed by atoms with van der Waals surface area (Å²) in [6.45, 7) is 6.94. The van der Waals surface area contributed by atoms with Crippen molar-refractivity contribution in [2.75, 3.05) is 13.1 Å². The van der Waals surface area contributed by atoms with Gasteiger partial charge in [-0.1, -0.05) is 38.1 Å². The Bertz CT molecular complexity index is 776. The summed E-state index contributed by atoms with van der Waals surface area (Å²) in [6, 6.07) is 13.7. The van der Waals surface area contributed by atoms with Gasteiger partial charge in [0.2, 0.25) is 5.91 Å². The number of aromatic hydroxyl groups is 1. The maximum absolute atomic E-state index is 13.2. The molecule has 1 atom stereocenters. The van der Waals surface area contributed by atoms with Crippen molar-refractivity contribution < 1.29 is 14.3 Å². The molecule has 5 heteroatoms. The number of hydrogen-bond donors (Lipinski definition) is 1. The van der Waals surface area contributed by atoms with Crippen molar-refractivity contribution in [1.29, 1.82) is 0 Å². The van der Waals surface area contributed by atoms with Crippen LogP contribution in [0, 0.1) is 11.7 Å². The predicted molar refractivity (Wildman–Crippen MR) is 104 cm³/mol. The average Bonchev–Trinajstić information content (AvgIpc) is 2.77. The molecular weight excluding hydrogens is 343 g/mol. The van der Waals surface area contributed by atoms with E-state index in [1.54, 1.807) is 24.3 Å². The van der Waals surface area contributed by atoms with E-state index in [9.17, 15) is 14.3 Å². The molecule has 0 bridgehead atoms. The van der Waals surface area contributed by atoms with E-state index in [0.29, 0.717) is 32.0 Å². The minimum absolute atomic E-state index is 0.0855. The predicted octanol–water partition coefficient (Wildman–Crippen LogP) is 3.79. The van der Waals surface area contributed by atoms with Crippen LogP contribution in [0.1, 0.15) is 31.4 Å². The molecule has 1 heterocycles. The number of rotatable bonds is 5. The van der Waals surface area contributed by atoms with E-state index < -0.39 is 0 Å². The van der Waals surface area contributed by atoms with Crippen LogP contribution in [0.2, 0.25) is 0 Å². The quantitative estimate of drug-likeness (QED) is 0.871. The molecule has 1 amide bonds. The van der Waals surface area contributed by atoms with Crippen LogP contribution < -0.4 is 0 Å². The van der Waals surface area contributed by atoms with Crippen LogP contribution in [-0.2, 0) is 17.9 Å². The second-order valence-corrected chi connectivity index (χ2v) is 7.61. The standard InChI is InChI=1S/C22H27FN2O2/c1-16(2)21-15-24(13-18-4-3-5-20(26)12-18)11-10-22(27)25(21)14-17-6-8-19(23)9-7-17/h3-9,12,16,21,26H,10-11,13-15H2,1-2H3. The SMILES string of the molecule is CC(C)C1CN(Cc2cccc(O)c2)CCC(=O)N1Cc1ccc(F)cc1. The monoisotopic (exact) mass is 370 g/mol. The summed E-state index contributed by atoms with van der Waals surface area (Å²) in [7, 11) is 0. The van der Waals surface area contributed by atoms with E-state index >= 15 is 0 Å². The van der Waals surface area contributed by atoms with Crippen molar-refractivity contribution in [3.8, 4) is 5.75 Å². The molecule has 0 radical (unpaired) electrons. The number of benzene rings is 2. The van der Waals surface area contributed by atoms with Crippen LogP contribution in [0.5, 0.6) is 5.75 Å². The largest absolute Gasteiger partial charge is 0.508 e. The van der Waals surface area contributed by atoms with Gasteiger partial charge < -0.3 is 10.0 Å². The highest BCUT2D eigenvalue weighted by Crippen LogP contribution is 2.23. The lowest BCUT2D eigenvalue weighted by Gasteiger charge is -2.35. The van der Waals surface area contributed by atoms with Crippen LogP contribution in [0.15, 0.2) is 48.5 Å². The number of carbonyl (C=O) groups excluding carboxylic acids is 1. The Labute approximate surface area is 160 Å². The van der Waals surface area contributed by atoms with Crippen LogP contribution in [0.3, 0.4) is 0 Å². The number of amides is 1. The fourth-order valence-corrected chi connectivity index (χ4v) is 3.66. The fraction of sp³-hybridized carbons (Fsp3) is 0.409. The molecule has 1 N–H and O–H groups in total. The summed E-state index contributed by atoms with van der Waals surface area (Å²) < 4.78 is 13.2. The first-order chi connectivity index (χ1) is 12.9. The number of carbonyl (C=O) groups is 1. The van der Waals surface area contributed by atoms with E-state index in [1.165, 1.54) is 12.1 Å². The summed E-state index contributed by atoms with van der Waals surface area (Å²) >= 11 is 0. The molecule has 0 saturated carbocycles. The first-order valence-corrected chi connectivity index (χ1v) is 9.46. The molecule has 144 valence electrons. The van der Waals surface area contributed by atoms with Crippen LogP contribution in [0.4, 0.5) is 4.39 Å². The molecule has 1 unspecified atom stereocenters. The van der Waals surface area contributed by atoms with Gasteiger partial charge in [-0.25, -0.2) is 4.39 Å². The maximum Gasteiger partial charge on any atom is 0.224 e. The summed E-state index contributed by atoms with van der Waals surface area (Å²) in [5.41, 5.74) is 1.98. The molecule has 1 aliphatic heterocycles. The molecule has 27 heavy (non-hydrogen) atoms. The molecule has 1 fully saturated rings. The number of phenolic OH excluding ortho intramolecular Hbond substituents is 1. The van der Waals surface area contributed by atoms with Crippen molar-refractivity contribution in [3.05, 3.63) is 65.5 Å². The summed E-state index contributed by atoms with van der Waals surface area (Å²) in [4.78, 5) is 17.1. The Balaban J connectivity index is 1.76. The van der Waals surface area contributed by atoms with E-state index in [1.807, 2.05) is 17.0 Å². The molecule has 0 spiro atoms. The molecule has 2 aromatic carbocycles. The number of hydrogen-bond acceptors (Lipinski definition) is 3. The van der Waals surface area contributed by atoms with Crippen LogP contribution in [-0.4, -0.2) is 39.9 Å². The highest BCUT2D eigenvalue weighted by molar-refractivity contribution is 5.77. The molecule has 2 aromatic rings. The summed E-state index contributed by atoms with van der Waals surface area (Å²) in [5, 5.41) is 9.70. The lowest BCUT2D eigenvalue weighted by molar-refractivity contribution is -0.134. The zero-order chi connectivity index (χ0) is 19.4. The third-order valence-electron chi connectivity index (χ3n) is 5.16. The summed E-state index contributed by atoms with van der Waals surface area (Å²) in [5.74, 6) is 0.436. The zero-order valence-electron chi connectivity index (χ0n) is 15.9. The third-order valence-corrected chi connectivity index (χ3v) is 5.16. The van der Waals surface area contributed by atoms with Crippen molar-refractivity contribution in [2.24, 2.45) is 5.92 Å². The van der Waals surface area contributed by atoms with Crippen LogP contribution >= 0.6 is 0 Å². The van der Waals surface area contributed by atoms with Gasteiger partial charge in [0, 0.05) is 38.6 Å². The minimum Gasteiger partial charge on any atom is -0.508 e. The first kappa shape index (κ1) is 19.4. The Morgan fingerprint density at radius 2 is 1.85 bits per heavy atom. The van der Waals surface area contributed by atoms with Crippen molar-refractivity contribution in [1.82, 2.24) is 9.80 Å². The van der Waals surface area contributed by atoms with E-state index in [0.717, 1.165) is 17.7 Å². The molecular formula is C22H27FN2O2. The molecule has 1 aliphatic rings. The Morgan fingerprint density at radius 3 is 2.52 bits per heavy atom. The highest BCUT2D eigenvalue weighted by atomic mass is 19.1. The van der Waals surface area contributed by atoms with Gasteiger partial charge in [0.25, 0.3) is 0 Å². The number of nitrogens with zero attached hydrogens (tertiary/aromatic N) is 2. The van der Waals surface area contributed by atoms with Crippen molar-refractivity contribution in [2.45, 2.75) is 39.4 Å². The lowest BCUT2D eigenvalue weighted by Crippen LogP contribution is -2.45. The van der Waals surface area contributed by atoms with Crippen molar-refractivity contribution in [3.63, 3.8) is 0 Å². The van der Waals surface area contributed by atoms with E-state index in [4.69, 9.17) is 0 Å². The zero-order valence-corrected chi connectivity index (χ0v) is 15.9. The number of phenols is 1. The first-order valence-electron chi connectivity index (χ1n) is 9.46. The lowest BCUT2D eigenvalue weighted by atomic mass is 10.0. The summed E-state index contributed by atoms with van der Waals surface area (Å²) in [6.07, 6.45) is 0.462. The van der Waals surface area contributed by atoms with Crippen LogP contribution in [0.25, 0.3) is 0 Å². The van der Waals surface area contributed by atoms with Crippen molar-refractivity contribution >= 4 is 5.91 Å².